The van der Waals surface area contributed by atoms with E-state index in [9.17, 15) is 5.11 Å². The SMILES string of the molecule is COc1c(O)c(OC)c2c(oc3c(OC)cccc32)c1OC. The second kappa shape index (κ2) is 5.22. The van der Waals surface area contributed by atoms with Crippen molar-refractivity contribution < 1.29 is 28.5 Å². The second-order valence-electron chi connectivity index (χ2n) is 4.59. The van der Waals surface area contributed by atoms with Crippen molar-refractivity contribution >= 4 is 21.9 Å². The standard InChI is InChI=1S/C16H16O6/c1-18-9-7-5-6-8-10-13(19-2)11(17)15(20-3)16(21-4)14(10)22-12(8)9/h5-7,17H,1-4H3. The van der Waals surface area contributed by atoms with Gasteiger partial charge in [0.25, 0.3) is 0 Å². The summed E-state index contributed by atoms with van der Waals surface area (Å²) < 4.78 is 27.2. The molecule has 0 spiro atoms. The van der Waals surface area contributed by atoms with Gasteiger partial charge in [-0.05, 0) is 6.07 Å². The predicted octanol–water partition coefficient (Wildman–Crippen LogP) is 3.33. The zero-order chi connectivity index (χ0) is 15.9. The summed E-state index contributed by atoms with van der Waals surface area (Å²) >= 11 is 0. The second-order valence-corrected chi connectivity index (χ2v) is 4.59. The molecule has 22 heavy (non-hydrogen) atoms. The van der Waals surface area contributed by atoms with Crippen molar-refractivity contribution in [2.75, 3.05) is 28.4 Å². The Morgan fingerprint density at radius 1 is 0.818 bits per heavy atom. The van der Waals surface area contributed by atoms with Crippen LogP contribution in [0.15, 0.2) is 22.6 Å². The first-order chi connectivity index (χ1) is 10.7. The van der Waals surface area contributed by atoms with Gasteiger partial charge in [-0.15, -0.1) is 0 Å². The summed E-state index contributed by atoms with van der Waals surface area (Å²) in [5.74, 6) is 1.16. The molecule has 1 heterocycles. The molecule has 3 aromatic rings. The number of hydrogen-bond acceptors (Lipinski definition) is 6. The monoisotopic (exact) mass is 304 g/mol. The van der Waals surface area contributed by atoms with Gasteiger partial charge in [0.1, 0.15) is 0 Å². The number of methoxy groups -OCH3 is 4. The molecular weight excluding hydrogens is 288 g/mol. The Hall–Kier alpha value is -2.76. The number of fused-ring (bicyclic) bond motifs is 3. The van der Waals surface area contributed by atoms with Gasteiger partial charge in [-0.25, -0.2) is 0 Å². The van der Waals surface area contributed by atoms with E-state index in [1.54, 1.807) is 13.2 Å². The van der Waals surface area contributed by atoms with Crippen molar-refractivity contribution in [3.63, 3.8) is 0 Å². The van der Waals surface area contributed by atoms with Crippen LogP contribution in [0, 0.1) is 0 Å². The van der Waals surface area contributed by atoms with E-state index in [2.05, 4.69) is 0 Å². The lowest BCUT2D eigenvalue weighted by Crippen LogP contribution is -1.94. The molecule has 0 radical (unpaired) electrons. The molecule has 0 aliphatic rings. The molecule has 0 saturated heterocycles. The Kier molecular flexibility index (Phi) is 3.36. The van der Waals surface area contributed by atoms with E-state index in [-0.39, 0.29) is 17.2 Å². The van der Waals surface area contributed by atoms with Gasteiger partial charge in [0.05, 0.1) is 33.8 Å². The van der Waals surface area contributed by atoms with Gasteiger partial charge < -0.3 is 28.5 Å². The molecule has 1 N–H and O–H groups in total. The Balaban J connectivity index is 2.58. The van der Waals surface area contributed by atoms with Crippen LogP contribution in [0.25, 0.3) is 21.9 Å². The summed E-state index contributed by atoms with van der Waals surface area (Å²) in [5.41, 5.74) is 0.970. The zero-order valence-electron chi connectivity index (χ0n) is 12.7. The molecule has 0 fully saturated rings. The smallest absolute Gasteiger partial charge is 0.211 e. The van der Waals surface area contributed by atoms with Gasteiger partial charge in [-0.1, -0.05) is 12.1 Å². The molecule has 0 atom stereocenters. The molecule has 6 nitrogen and oxygen atoms in total. The summed E-state index contributed by atoms with van der Waals surface area (Å²) in [4.78, 5) is 0. The van der Waals surface area contributed by atoms with Crippen LogP contribution in [0.1, 0.15) is 0 Å². The molecule has 0 unspecified atom stereocenters. The van der Waals surface area contributed by atoms with Gasteiger partial charge in [0.2, 0.25) is 17.2 Å². The molecule has 6 heteroatoms. The van der Waals surface area contributed by atoms with Crippen LogP contribution in [0.2, 0.25) is 0 Å². The van der Waals surface area contributed by atoms with Crippen molar-refractivity contribution in [3.05, 3.63) is 18.2 Å². The van der Waals surface area contributed by atoms with Crippen LogP contribution in [0.4, 0.5) is 0 Å². The lowest BCUT2D eigenvalue weighted by atomic mass is 10.1. The maximum Gasteiger partial charge on any atom is 0.211 e. The van der Waals surface area contributed by atoms with Gasteiger partial charge in [0.15, 0.2) is 22.7 Å². The first-order valence-electron chi connectivity index (χ1n) is 6.58. The van der Waals surface area contributed by atoms with E-state index < -0.39 is 0 Å². The lowest BCUT2D eigenvalue weighted by molar-refractivity contribution is 0.317. The minimum atomic E-state index is -0.139. The molecule has 0 aliphatic heterocycles. The van der Waals surface area contributed by atoms with Crippen LogP contribution in [-0.2, 0) is 0 Å². The normalized spacial score (nSPS) is 10.9. The van der Waals surface area contributed by atoms with E-state index in [1.807, 2.05) is 12.1 Å². The molecule has 2 aromatic carbocycles. The number of para-hydroxylation sites is 1. The number of ether oxygens (including phenoxy) is 4. The van der Waals surface area contributed by atoms with Crippen molar-refractivity contribution in [2.24, 2.45) is 0 Å². The average molecular weight is 304 g/mol. The highest BCUT2D eigenvalue weighted by Crippen LogP contribution is 2.53. The molecule has 0 saturated carbocycles. The summed E-state index contributed by atoms with van der Waals surface area (Å²) in [7, 11) is 5.95. The van der Waals surface area contributed by atoms with Gasteiger partial charge >= 0.3 is 0 Å². The third-order valence-corrected chi connectivity index (χ3v) is 3.58. The molecular formula is C16H16O6. The summed E-state index contributed by atoms with van der Waals surface area (Å²) in [6.45, 7) is 0. The Bertz CT molecular complexity index is 849. The molecule has 3 rings (SSSR count). The van der Waals surface area contributed by atoms with Crippen LogP contribution in [-0.4, -0.2) is 33.5 Å². The Morgan fingerprint density at radius 3 is 2.09 bits per heavy atom. The van der Waals surface area contributed by atoms with E-state index in [0.717, 1.165) is 5.39 Å². The first kappa shape index (κ1) is 14.2. The fraction of sp³-hybridized carbons (Fsp3) is 0.250. The number of furan rings is 1. The van der Waals surface area contributed by atoms with E-state index >= 15 is 0 Å². The van der Waals surface area contributed by atoms with Crippen molar-refractivity contribution in [1.82, 2.24) is 0 Å². The molecule has 1 aromatic heterocycles. The zero-order valence-corrected chi connectivity index (χ0v) is 12.7. The highest BCUT2D eigenvalue weighted by molar-refractivity contribution is 6.13. The average Bonchev–Trinajstić information content (AvgIpc) is 2.92. The number of rotatable bonds is 4. The number of aromatic hydroxyl groups is 1. The summed E-state index contributed by atoms with van der Waals surface area (Å²) in [6.07, 6.45) is 0. The lowest BCUT2D eigenvalue weighted by Gasteiger charge is -2.13. The summed E-state index contributed by atoms with van der Waals surface area (Å²) in [5, 5.41) is 11.8. The van der Waals surface area contributed by atoms with Crippen LogP contribution in [0.3, 0.4) is 0 Å². The number of hydrogen-bond donors (Lipinski definition) is 1. The van der Waals surface area contributed by atoms with Crippen molar-refractivity contribution in [3.8, 4) is 28.7 Å². The minimum absolute atomic E-state index is 0.139. The molecule has 116 valence electrons. The predicted molar refractivity (Wildman–Crippen MR) is 81.6 cm³/mol. The number of phenols is 1. The Labute approximate surface area is 126 Å². The number of benzene rings is 2. The van der Waals surface area contributed by atoms with Crippen molar-refractivity contribution in [1.29, 1.82) is 0 Å². The fourth-order valence-electron chi connectivity index (χ4n) is 2.65. The fourth-order valence-corrected chi connectivity index (χ4v) is 2.65. The first-order valence-corrected chi connectivity index (χ1v) is 6.58. The summed E-state index contributed by atoms with van der Waals surface area (Å²) in [6, 6.07) is 5.49. The third-order valence-electron chi connectivity index (χ3n) is 3.58. The highest BCUT2D eigenvalue weighted by Gasteiger charge is 2.27. The molecule has 0 amide bonds. The van der Waals surface area contributed by atoms with Gasteiger partial charge in [-0.3, -0.25) is 0 Å². The van der Waals surface area contributed by atoms with Gasteiger partial charge in [0, 0.05) is 5.39 Å². The van der Waals surface area contributed by atoms with Crippen LogP contribution >= 0.6 is 0 Å². The van der Waals surface area contributed by atoms with Crippen LogP contribution < -0.4 is 18.9 Å². The number of phenolic OH excluding ortho intramolecular Hbond substituents is 1. The third kappa shape index (κ3) is 1.73. The van der Waals surface area contributed by atoms with E-state index in [0.29, 0.717) is 28.1 Å². The van der Waals surface area contributed by atoms with Crippen molar-refractivity contribution in [2.45, 2.75) is 0 Å². The maximum absolute atomic E-state index is 10.4. The van der Waals surface area contributed by atoms with Gasteiger partial charge in [-0.2, -0.15) is 0 Å². The van der Waals surface area contributed by atoms with Crippen LogP contribution in [0.5, 0.6) is 28.7 Å². The molecule has 0 bridgehead atoms. The van der Waals surface area contributed by atoms with E-state index in [1.165, 1.54) is 21.3 Å². The maximum atomic E-state index is 10.4. The molecule has 0 aliphatic carbocycles. The largest absolute Gasteiger partial charge is 0.502 e. The Morgan fingerprint density at radius 2 is 1.50 bits per heavy atom. The van der Waals surface area contributed by atoms with E-state index in [4.69, 9.17) is 23.4 Å². The quantitative estimate of drug-likeness (QED) is 0.797. The highest BCUT2D eigenvalue weighted by atomic mass is 16.5. The minimum Gasteiger partial charge on any atom is -0.502 e. The topological polar surface area (TPSA) is 70.3 Å².